The topological polar surface area (TPSA) is 225 Å². The number of rotatable bonds is 15. The smallest absolute Gasteiger partial charge is 0.326 e. The lowest BCUT2D eigenvalue weighted by Gasteiger charge is -2.26. The first-order valence-corrected chi connectivity index (χ1v) is 14.8. The minimum atomic E-state index is -1.44. The standard InChI is InChI=1S/C32H39N7O6/c1-3-17(2)28(32(44)45)39-31(43)25(13-19-16-36-24-11-7-5-9-21(19)24)38-30(42)26(14-27(34)40)37-29(41)22(33)12-18-15-35-23-10-6-4-8-20(18)23/h4-11,15-17,22,25-26,28,35-36H,3,12-14,33H2,1-2H3,(H2,34,40)(H,37,41)(H,38,42)(H,39,43)(H,44,45). The SMILES string of the molecule is CCC(C)C(NC(=O)C(Cc1c[nH]c2ccccc12)NC(=O)C(CC(N)=O)NC(=O)C(N)Cc1c[nH]c2ccccc12)C(=O)O. The molecule has 0 aliphatic rings. The first kappa shape index (κ1) is 32.7. The van der Waals surface area contributed by atoms with Crippen LogP contribution in [0, 0.1) is 5.92 Å². The van der Waals surface area contributed by atoms with Gasteiger partial charge in [-0.3, -0.25) is 19.2 Å². The third-order valence-corrected chi connectivity index (χ3v) is 8.00. The molecule has 0 spiro atoms. The Balaban J connectivity index is 1.54. The van der Waals surface area contributed by atoms with Gasteiger partial charge in [0.2, 0.25) is 23.6 Å². The van der Waals surface area contributed by atoms with Crippen LogP contribution in [0.25, 0.3) is 21.8 Å². The molecule has 5 unspecified atom stereocenters. The molecule has 4 rings (SSSR count). The van der Waals surface area contributed by atoms with E-state index in [0.717, 1.165) is 27.4 Å². The fraction of sp³-hybridized carbons (Fsp3) is 0.344. The highest BCUT2D eigenvalue weighted by molar-refractivity contribution is 5.97. The van der Waals surface area contributed by atoms with Crippen molar-refractivity contribution in [2.45, 2.75) is 63.7 Å². The second-order valence-electron chi connectivity index (χ2n) is 11.2. The first-order valence-electron chi connectivity index (χ1n) is 14.8. The van der Waals surface area contributed by atoms with E-state index < -0.39 is 66.1 Å². The van der Waals surface area contributed by atoms with Crippen LogP contribution in [-0.4, -0.2) is 68.8 Å². The molecule has 0 radical (unpaired) electrons. The molecule has 13 heteroatoms. The van der Waals surface area contributed by atoms with Crippen molar-refractivity contribution in [3.05, 3.63) is 72.1 Å². The summed E-state index contributed by atoms with van der Waals surface area (Å²) in [6.45, 7) is 3.50. The van der Waals surface area contributed by atoms with Crippen LogP contribution in [0.5, 0.6) is 0 Å². The van der Waals surface area contributed by atoms with E-state index in [9.17, 15) is 29.1 Å². The maximum Gasteiger partial charge on any atom is 0.326 e. The zero-order valence-electron chi connectivity index (χ0n) is 25.1. The Bertz CT molecular complexity index is 1700. The Morgan fingerprint density at radius 3 is 1.82 bits per heavy atom. The van der Waals surface area contributed by atoms with Gasteiger partial charge in [0, 0.05) is 40.6 Å². The summed E-state index contributed by atoms with van der Waals surface area (Å²) in [7, 11) is 0. The second-order valence-corrected chi connectivity index (χ2v) is 11.2. The van der Waals surface area contributed by atoms with Crippen LogP contribution in [0.15, 0.2) is 60.9 Å². The molecular formula is C32H39N7O6. The monoisotopic (exact) mass is 617 g/mol. The van der Waals surface area contributed by atoms with Gasteiger partial charge in [0.25, 0.3) is 0 Å². The minimum Gasteiger partial charge on any atom is -0.480 e. The fourth-order valence-corrected chi connectivity index (χ4v) is 5.26. The molecule has 0 aliphatic carbocycles. The molecule has 5 atom stereocenters. The van der Waals surface area contributed by atoms with Gasteiger partial charge in [-0.05, 0) is 35.6 Å². The Kier molecular flexibility index (Phi) is 10.6. The van der Waals surface area contributed by atoms with Gasteiger partial charge in [-0.25, -0.2) is 4.79 Å². The van der Waals surface area contributed by atoms with Crippen LogP contribution < -0.4 is 27.4 Å². The number of fused-ring (bicyclic) bond motifs is 2. The van der Waals surface area contributed by atoms with Crippen molar-refractivity contribution < 1.29 is 29.1 Å². The van der Waals surface area contributed by atoms with Crippen molar-refractivity contribution in [3.8, 4) is 0 Å². The maximum atomic E-state index is 13.6. The highest BCUT2D eigenvalue weighted by Gasteiger charge is 2.33. The predicted molar refractivity (Wildman–Crippen MR) is 169 cm³/mol. The number of nitrogens with two attached hydrogens (primary N) is 2. The molecule has 2 aromatic heterocycles. The van der Waals surface area contributed by atoms with E-state index >= 15 is 0 Å². The number of carboxylic acid groups (broad SMARTS) is 1. The minimum absolute atomic E-state index is 0.00819. The van der Waals surface area contributed by atoms with Crippen molar-refractivity contribution in [3.63, 3.8) is 0 Å². The van der Waals surface area contributed by atoms with E-state index in [4.69, 9.17) is 11.5 Å². The normalized spacial score (nSPS) is 14.6. The average molecular weight is 618 g/mol. The van der Waals surface area contributed by atoms with Crippen molar-refractivity contribution in [1.29, 1.82) is 0 Å². The number of amides is 4. The van der Waals surface area contributed by atoms with Gasteiger partial charge >= 0.3 is 5.97 Å². The van der Waals surface area contributed by atoms with Gasteiger partial charge in [-0.2, -0.15) is 0 Å². The number of aliphatic carboxylic acids is 1. The summed E-state index contributed by atoms with van der Waals surface area (Å²) in [5.41, 5.74) is 14.8. The molecule has 45 heavy (non-hydrogen) atoms. The molecule has 0 saturated heterocycles. The molecule has 0 fully saturated rings. The highest BCUT2D eigenvalue weighted by Crippen LogP contribution is 2.21. The lowest BCUT2D eigenvalue weighted by Crippen LogP contribution is -2.58. The summed E-state index contributed by atoms with van der Waals surface area (Å²) in [5.74, 6) is -4.74. The summed E-state index contributed by atoms with van der Waals surface area (Å²) >= 11 is 0. The summed E-state index contributed by atoms with van der Waals surface area (Å²) in [6.07, 6.45) is 3.53. The van der Waals surface area contributed by atoms with E-state index in [2.05, 4.69) is 25.9 Å². The number of hydrogen-bond donors (Lipinski definition) is 8. The van der Waals surface area contributed by atoms with Gasteiger partial charge in [0.1, 0.15) is 18.1 Å². The molecule has 4 aromatic rings. The Hall–Kier alpha value is -5.17. The Labute approximate surface area is 259 Å². The highest BCUT2D eigenvalue weighted by atomic mass is 16.4. The van der Waals surface area contributed by atoms with E-state index in [1.807, 2.05) is 48.5 Å². The van der Waals surface area contributed by atoms with Gasteiger partial charge in [0.15, 0.2) is 0 Å². The number of carboxylic acids is 1. The largest absolute Gasteiger partial charge is 0.480 e. The van der Waals surface area contributed by atoms with Crippen molar-refractivity contribution >= 4 is 51.4 Å². The zero-order chi connectivity index (χ0) is 32.7. The van der Waals surface area contributed by atoms with Crippen LogP contribution in [0.1, 0.15) is 37.8 Å². The average Bonchev–Trinajstić information content (AvgIpc) is 3.62. The number of carbonyl (C=O) groups is 5. The number of carbonyl (C=O) groups excluding carboxylic acids is 4. The van der Waals surface area contributed by atoms with E-state index in [0.29, 0.717) is 12.0 Å². The zero-order valence-corrected chi connectivity index (χ0v) is 25.1. The Morgan fingerprint density at radius 1 is 0.778 bits per heavy atom. The lowest BCUT2D eigenvalue weighted by molar-refractivity contribution is -0.144. The number of nitrogens with one attached hydrogen (secondary N) is 5. The fourth-order valence-electron chi connectivity index (χ4n) is 5.26. The number of aromatic nitrogens is 2. The number of para-hydroxylation sites is 2. The van der Waals surface area contributed by atoms with E-state index in [-0.39, 0.29) is 12.8 Å². The third kappa shape index (κ3) is 8.06. The molecule has 10 N–H and O–H groups in total. The van der Waals surface area contributed by atoms with Crippen molar-refractivity contribution in [2.75, 3.05) is 0 Å². The number of H-pyrrole nitrogens is 2. The van der Waals surface area contributed by atoms with Gasteiger partial charge in [-0.15, -0.1) is 0 Å². The number of primary amides is 1. The lowest BCUT2D eigenvalue weighted by atomic mass is 9.98. The van der Waals surface area contributed by atoms with Gasteiger partial charge in [-0.1, -0.05) is 56.7 Å². The van der Waals surface area contributed by atoms with Crippen LogP contribution in [0.2, 0.25) is 0 Å². The number of aromatic amines is 2. The molecule has 0 bridgehead atoms. The number of hydrogen-bond acceptors (Lipinski definition) is 6. The molecule has 2 aromatic carbocycles. The maximum absolute atomic E-state index is 13.6. The quantitative estimate of drug-likeness (QED) is 0.0972. The van der Waals surface area contributed by atoms with E-state index in [1.165, 1.54) is 0 Å². The molecule has 13 nitrogen and oxygen atoms in total. The summed E-state index contributed by atoms with van der Waals surface area (Å²) < 4.78 is 0. The molecule has 238 valence electrons. The summed E-state index contributed by atoms with van der Waals surface area (Å²) in [5, 5.41) is 19.1. The van der Waals surface area contributed by atoms with Crippen molar-refractivity contribution in [1.82, 2.24) is 25.9 Å². The molecule has 2 heterocycles. The predicted octanol–water partition coefficient (Wildman–Crippen LogP) is 1.22. The molecular weight excluding hydrogens is 578 g/mol. The summed E-state index contributed by atoms with van der Waals surface area (Å²) in [4.78, 5) is 70.3. The molecule has 4 amide bonds. The van der Waals surface area contributed by atoms with Crippen LogP contribution in [-0.2, 0) is 36.8 Å². The second kappa shape index (κ2) is 14.5. The van der Waals surface area contributed by atoms with Gasteiger partial charge < -0.3 is 42.5 Å². The molecule has 0 aliphatic heterocycles. The van der Waals surface area contributed by atoms with Crippen LogP contribution >= 0.6 is 0 Å². The van der Waals surface area contributed by atoms with Gasteiger partial charge in [0.05, 0.1) is 12.5 Å². The van der Waals surface area contributed by atoms with Crippen molar-refractivity contribution in [2.24, 2.45) is 17.4 Å². The van der Waals surface area contributed by atoms with Crippen LogP contribution in [0.3, 0.4) is 0 Å². The molecule has 0 saturated carbocycles. The third-order valence-electron chi connectivity index (χ3n) is 8.00. The first-order chi connectivity index (χ1) is 21.5. The van der Waals surface area contributed by atoms with Crippen LogP contribution in [0.4, 0.5) is 0 Å². The number of benzene rings is 2. The summed E-state index contributed by atoms with van der Waals surface area (Å²) in [6, 6.07) is 9.94. The Morgan fingerprint density at radius 2 is 1.29 bits per heavy atom. The van der Waals surface area contributed by atoms with E-state index in [1.54, 1.807) is 26.2 Å².